The molecule has 0 saturated carbocycles. The molecular formula is C18H16N6O8S. The number of carboxylic acid groups (broad SMARTS) is 1. The fraction of sp³-hybridized carbons (Fsp3) is 0.222. The highest BCUT2D eigenvalue weighted by atomic mass is 32.2. The van der Waals surface area contributed by atoms with E-state index in [1.165, 1.54) is 12.1 Å². The highest BCUT2D eigenvalue weighted by molar-refractivity contribution is 7.98. The van der Waals surface area contributed by atoms with Crippen LogP contribution in [0.1, 0.15) is 28.8 Å². The minimum absolute atomic E-state index is 0.0420. The molecule has 1 aromatic heterocycles. The number of hydrogen-bond acceptors (Lipinski definition) is 11. The Hall–Kier alpha value is -4.45. The maximum atomic E-state index is 11.7. The van der Waals surface area contributed by atoms with Crippen molar-refractivity contribution in [3.63, 3.8) is 0 Å². The number of aliphatic carboxylic acids is 1. The van der Waals surface area contributed by atoms with Gasteiger partial charge in [-0.3, -0.25) is 19.7 Å². The summed E-state index contributed by atoms with van der Waals surface area (Å²) in [4.78, 5) is 52.6. The second-order valence-corrected chi connectivity index (χ2v) is 6.93. The second kappa shape index (κ2) is 10.7. The molecule has 14 nitrogen and oxygen atoms in total. The van der Waals surface area contributed by atoms with E-state index in [2.05, 4.69) is 9.97 Å². The van der Waals surface area contributed by atoms with Crippen molar-refractivity contribution in [2.45, 2.75) is 24.1 Å². The minimum Gasteiger partial charge on any atom is -0.479 e. The lowest BCUT2D eigenvalue weighted by Crippen LogP contribution is -2.29. The zero-order valence-electron chi connectivity index (χ0n) is 16.9. The minimum atomic E-state index is -1.68. The lowest BCUT2D eigenvalue weighted by atomic mass is 10.1. The van der Waals surface area contributed by atoms with Crippen molar-refractivity contribution >= 4 is 35.2 Å². The summed E-state index contributed by atoms with van der Waals surface area (Å²) >= 11 is 0.952. The Morgan fingerprint density at radius 1 is 1.30 bits per heavy atom. The number of rotatable bonds is 11. The normalized spacial score (nSPS) is 11.2. The number of thioether (sulfide) groups is 1. The molecule has 1 heterocycles. The van der Waals surface area contributed by atoms with Gasteiger partial charge in [0.2, 0.25) is 11.8 Å². The highest BCUT2D eigenvalue weighted by Gasteiger charge is 2.32. The van der Waals surface area contributed by atoms with E-state index in [-0.39, 0.29) is 34.9 Å². The molecule has 0 aliphatic carbocycles. The number of aromatic nitrogens is 2. The maximum Gasteiger partial charge on any atom is 0.392 e. The fourth-order valence-electron chi connectivity index (χ4n) is 2.44. The Labute approximate surface area is 189 Å². The van der Waals surface area contributed by atoms with Crippen LogP contribution in [0, 0.1) is 21.4 Å². The van der Waals surface area contributed by atoms with E-state index < -0.39 is 46.3 Å². The van der Waals surface area contributed by atoms with Crippen LogP contribution in [0.5, 0.6) is 17.5 Å². The predicted octanol–water partition coefficient (Wildman–Crippen LogP) is 0.967. The molecule has 2 aromatic rings. The van der Waals surface area contributed by atoms with Crippen molar-refractivity contribution in [1.29, 1.82) is 5.26 Å². The number of hydrogen-bond donors (Lipinski definition) is 3. The van der Waals surface area contributed by atoms with E-state index in [1.54, 1.807) is 12.3 Å². The van der Waals surface area contributed by atoms with E-state index in [0.717, 1.165) is 17.8 Å². The predicted molar refractivity (Wildman–Crippen MR) is 111 cm³/mol. The Kier molecular flexibility index (Phi) is 8.07. The van der Waals surface area contributed by atoms with Crippen LogP contribution in [0.2, 0.25) is 0 Å². The number of carbonyl (C=O) groups excluding carboxylic acids is 2. The molecule has 0 radical (unpaired) electrons. The van der Waals surface area contributed by atoms with Crippen molar-refractivity contribution in [1.82, 2.24) is 9.97 Å². The van der Waals surface area contributed by atoms with Gasteiger partial charge in [-0.15, -0.1) is 0 Å². The summed E-state index contributed by atoms with van der Waals surface area (Å²) in [5.41, 5.74) is 9.14. The third kappa shape index (κ3) is 6.27. The van der Waals surface area contributed by atoms with Crippen molar-refractivity contribution in [3.05, 3.63) is 39.4 Å². The van der Waals surface area contributed by atoms with E-state index in [1.807, 2.05) is 0 Å². The summed E-state index contributed by atoms with van der Waals surface area (Å²) in [5, 5.41) is 30.1. The van der Waals surface area contributed by atoms with Gasteiger partial charge in [0, 0.05) is 12.8 Å². The summed E-state index contributed by atoms with van der Waals surface area (Å²) in [7, 11) is 0. The standard InChI is InChI=1S/C18H16N6O8S/c1-33-18-22-15(31-9-3-2-8(7-19)10(6-9)14(21)26)13(24(29)30)16(23-18)32-11(17(27)28)4-5-12(20)25/h2-3,6,11H,4-5H2,1H3,(H2,20,25)(H2,21,26)(H,27,28). The first-order chi connectivity index (χ1) is 15.6. The number of nitrogens with two attached hydrogens (primary N) is 2. The average Bonchev–Trinajstić information content (AvgIpc) is 2.75. The molecule has 15 heteroatoms. The number of nitrogens with zero attached hydrogens (tertiary/aromatic N) is 4. The van der Waals surface area contributed by atoms with Gasteiger partial charge in [-0.25, -0.2) is 4.79 Å². The van der Waals surface area contributed by atoms with Crippen LogP contribution < -0.4 is 20.9 Å². The quantitative estimate of drug-likeness (QED) is 0.178. The molecule has 1 unspecified atom stereocenters. The number of primary amides is 2. The van der Waals surface area contributed by atoms with Crippen LogP contribution in [0.25, 0.3) is 0 Å². The van der Waals surface area contributed by atoms with Gasteiger partial charge in [0.25, 0.3) is 0 Å². The van der Waals surface area contributed by atoms with E-state index >= 15 is 0 Å². The van der Waals surface area contributed by atoms with E-state index in [4.69, 9.17) is 26.2 Å². The molecule has 2 rings (SSSR count). The van der Waals surface area contributed by atoms with Gasteiger partial charge < -0.3 is 26.0 Å². The largest absolute Gasteiger partial charge is 0.479 e. The number of nitro groups is 1. The van der Waals surface area contributed by atoms with Crippen LogP contribution in [0.15, 0.2) is 23.4 Å². The third-order valence-corrected chi connectivity index (χ3v) is 4.49. The third-order valence-electron chi connectivity index (χ3n) is 3.94. The van der Waals surface area contributed by atoms with Gasteiger partial charge >= 0.3 is 23.4 Å². The first-order valence-corrected chi connectivity index (χ1v) is 10.1. The average molecular weight is 476 g/mol. The molecule has 1 atom stereocenters. The zero-order chi connectivity index (χ0) is 24.7. The van der Waals surface area contributed by atoms with Crippen LogP contribution in [0.3, 0.4) is 0 Å². The van der Waals surface area contributed by atoms with Crippen molar-refractivity contribution in [3.8, 4) is 23.6 Å². The van der Waals surface area contributed by atoms with E-state index in [9.17, 15) is 29.6 Å². The molecule has 0 fully saturated rings. The lowest BCUT2D eigenvalue weighted by Gasteiger charge is -2.15. The maximum absolute atomic E-state index is 11.7. The van der Waals surface area contributed by atoms with Gasteiger partial charge in [-0.1, -0.05) is 11.8 Å². The van der Waals surface area contributed by atoms with Gasteiger partial charge in [0.15, 0.2) is 11.3 Å². The molecule has 5 N–H and O–H groups in total. The molecule has 1 aromatic carbocycles. The molecule has 0 spiro atoms. The number of carboxylic acids is 1. The monoisotopic (exact) mass is 476 g/mol. The molecule has 0 saturated heterocycles. The summed E-state index contributed by atoms with van der Waals surface area (Å²) in [5.74, 6) is -4.67. The van der Waals surface area contributed by atoms with Gasteiger partial charge in [0.1, 0.15) is 5.75 Å². The molecule has 2 amide bonds. The van der Waals surface area contributed by atoms with Gasteiger partial charge in [-0.2, -0.15) is 15.2 Å². The van der Waals surface area contributed by atoms with Crippen LogP contribution in [-0.2, 0) is 9.59 Å². The Balaban J connectivity index is 2.55. The molecule has 0 aliphatic heterocycles. The fourth-order valence-corrected chi connectivity index (χ4v) is 2.79. The number of ether oxygens (including phenoxy) is 2. The van der Waals surface area contributed by atoms with E-state index in [0.29, 0.717) is 0 Å². The van der Waals surface area contributed by atoms with Crippen LogP contribution >= 0.6 is 11.8 Å². The Bertz CT molecular complexity index is 1170. The van der Waals surface area contributed by atoms with Crippen molar-refractivity contribution in [2.75, 3.05) is 6.26 Å². The van der Waals surface area contributed by atoms with Crippen molar-refractivity contribution in [2.24, 2.45) is 11.5 Å². The smallest absolute Gasteiger partial charge is 0.392 e. The first kappa shape index (κ1) is 24.8. The Morgan fingerprint density at radius 2 is 1.97 bits per heavy atom. The zero-order valence-corrected chi connectivity index (χ0v) is 17.7. The van der Waals surface area contributed by atoms with Crippen LogP contribution in [-0.4, -0.2) is 50.1 Å². The molecular weight excluding hydrogens is 460 g/mol. The molecule has 0 bridgehead atoms. The molecule has 172 valence electrons. The highest BCUT2D eigenvalue weighted by Crippen LogP contribution is 2.38. The lowest BCUT2D eigenvalue weighted by molar-refractivity contribution is -0.387. The summed E-state index contributed by atoms with van der Waals surface area (Å²) in [6, 6.07) is 5.35. The molecule has 33 heavy (non-hydrogen) atoms. The topological polar surface area (TPSA) is 235 Å². The summed E-state index contributed by atoms with van der Waals surface area (Å²) in [6.07, 6.45) is -0.849. The van der Waals surface area contributed by atoms with Gasteiger partial charge in [0.05, 0.1) is 22.1 Å². The SMILES string of the molecule is CSc1nc(Oc2ccc(C#N)c(C(N)=O)c2)c([N+](=O)[O-])c(OC(CCC(N)=O)C(=O)O)n1. The molecule has 0 aliphatic rings. The summed E-state index contributed by atoms with van der Waals surface area (Å²) in [6.45, 7) is 0. The number of nitriles is 1. The number of amides is 2. The van der Waals surface area contributed by atoms with Crippen LogP contribution in [0.4, 0.5) is 5.69 Å². The first-order valence-electron chi connectivity index (χ1n) is 8.87. The number of carbonyl (C=O) groups is 3. The van der Waals surface area contributed by atoms with Gasteiger partial charge in [-0.05, 0) is 24.5 Å². The van der Waals surface area contributed by atoms with Crippen molar-refractivity contribution < 1.29 is 33.9 Å². The summed E-state index contributed by atoms with van der Waals surface area (Å²) < 4.78 is 10.7. The number of benzene rings is 1. The Morgan fingerprint density at radius 3 is 2.48 bits per heavy atom. The second-order valence-electron chi connectivity index (χ2n) is 6.16.